The molecule has 120 valence electrons. The van der Waals surface area contributed by atoms with Crippen LogP contribution in [0, 0.1) is 13.8 Å². The molecule has 1 amide bonds. The standard InChI is InChI=1S/C18H19NO4/c1-12-9-15(17(20)21)10-13(2)16(12)19(3)18(22)23-11-14-7-5-4-6-8-14/h4-10H,11H2,1-3H3,(H,20,21). The van der Waals surface area contributed by atoms with Crippen molar-refractivity contribution in [2.75, 3.05) is 11.9 Å². The lowest BCUT2D eigenvalue weighted by Gasteiger charge is -2.22. The fourth-order valence-electron chi connectivity index (χ4n) is 2.52. The first-order valence-corrected chi connectivity index (χ1v) is 7.19. The smallest absolute Gasteiger partial charge is 0.414 e. The second-order valence-electron chi connectivity index (χ2n) is 5.36. The van der Waals surface area contributed by atoms with Crippen molar-refractivity contribution in [3.05, 3.63) is 64.7 Å². The first-order valence-electron chi connectivity index (χ1n) is 7.19. The quantitative estimate of drug-likeness (QED) is 0.933. The van der Waals surface area contributed by atoms with E-state index in [9.17, 15) is 9.59 Å². The van der Waals surface area contributed by atoms with Crippen LogP contribution in [0.15, 0.2) is 42.5 Å². The fourth-order valence-corrected chi connectivity index (χ4v) is 2.52. The van der Waals surface area contributed by atoms with Gasteiger partial charge in [-0.15, -0.1) is 0 Å². The summed E-state index contributed by atoms with van der Waals surface area (Å²) in [7, 11) is 1.61. The van der Waals surface area contributed by atoms with Crippen LogP contribution >= 0.6 is 0 Å². The summed E-state index contributed by atoms with van der Waals surface area (Å²) >= 11 is 0. The van der Waals surface area contributed by atoms with Crippen LogP contribution in [-0.4, -0.2) is 24.2 Å². The van der Waals surface area contributed by atoms with Crippen LogP contribution in [0.25, 0.3) is 0 Å². The Morgan fingerprint density at radius 2 is 1.65 bits per heavy atom. The molecule has 0 heterocycles. The van der Waals surface area contributed by atoms with Gasteiger partial charge < -0.3 is 9.84 Å². The number of hydrogen-bond donors (Lipinski definition) is 1. The molecule has 1 N–H and O–H groups in total. The van der Waals surface area contributed by atoms with Gasteiger partial charge in [0.1, 0.15) is 6.61 Å². The van der Waals surface area contributed by atoms with Gasteiger partial charge in [-0.05, 0) is 42.7 Å². The summed E-state index contributed by atoms with van der Waals surface area (Å²) in [6.45, 7) is 3.74. The third-order valence-electron chi connectivity index (χ3n) is 3.55. The van der Waals surface area contributed by atoms with Gasteiger partial charge in [-0.2, -0.15) is 0 Å². The Kier molecular flexibility index (Phi) is 5.01. The van der Waals surface area contributed by atoms with Gasteiger partial charge in [0.2, 0.25) is 0 Å². The molecule has 0 aliphatic rings. The highest BCUT2D eigenvalue weighted by atomic mass is 16.6. The van der Waals surface area contributed by atoms with E-state index in [4.69, 9.17) is 9.84 Å². The molecule has 2 rings (SSSR count). The zero-order chi connectivity index (χ0) is 17.0. The number of carbonyl (C=O) groups excluding carboxylic acids is 1. The zero-order valence-electron chi connectivity index (χ0n) is 13.4. The summed E-state index contributed by atoms with van der Waals surface area (Å²) in [5.41, 5.74) is 3.19. The van der Waals surface area contributed by atoms with Crippen LogP contribution in [0.1, 0.15) is 27.0 Å². The van der Waals surface area contributed by atoms with Crippen molar-refractivity contribution in [1.29, 1.82) is 0 Å². The Labute approximate surface area is 135 Å². The summed E-state index contributed by atoms with van der Waals surface area (Å²) in [5.74, 6) is -0.989. The molecule has 0 aliphatic carbocycles. The van der Waals surface area contributed by atoms with Crippen LogP contribution in [0.3, 0.4) is 0 Å². The molecule has 0 saturated carbocycles. The predicted molar refractivity (Wildman–Crippen MR) is 87.9 cm³/mol. The van der Waals surface area contributed by atoms with Gasteiger partial charge in [-0.25, -0.2) is 9.59 Å². The SMILES string of the molecule is Cc1cc(C(=O)O)cc(C)c1N(C)C(=O)OCc1ccccc1. The first-order chi connectivity index (χ1) is 10.9. The number of benzene rings is 2. The predicted octanol–water partition coefficient (Wildman–Crippen LogP) is 3.77. The van der Waals surface area contributed by atoms with Crippen LogP contribution in [0.2, 0.25) is 0 Å². The Balaban J connectivity index is 2.15. The molecule has 0 atom stereocenters. The van der Waals surface area contributed by atoms with Gasteiger partial charge in [0, 0.05) is 7.05 Å². The molecule has 0 aliphatic heterocycles. The third-order valence-corrected chi connectivity index (χ3v) is 3.55. The van der Waals surface area contributed by atoms with Crippen LogP contribution < -0.4 is 4.90 Å². The zero-order valence-corrected chi connectivity index (χ0v) is 13.4. The van der Waals surface area contributed by atoms with Crippen molar-refractivity contribution >= 4 is 17.7 Å². The molecule has 2 aromatic rings. The maximum Gasteiger partial charge on any atom is 0.414 e. The summed E-state index contributed by atoms with van der Waals surface area (Å²) < 4.78 is 5.30. The number of aromatic carboxylic acids is 1. The van der Waals surface area contributed by atoms with Gasteiger partial charge in [0.25, 0.3) is 0 Å². The minimum absolute atomic E-state index is 0.190. The molecule has 2 aromatic carbocycles. The molecular formula is C18H19NO4. The van der Waals surface area contributed by atoms with E-state index >= 15 is 0 Å². The number of carboxylic acids is 1. The van der Waals surface area contributed by atoms with Gasteiger partial charge >= 0.3 is 12.1 Å². The largest absolute Gasteiger partial charge is 0.478 e. The van der Waals surface area contributed by atoms with Crippen molar-refractivity contribution in [2.24, 2.45) is 0 Å². The number of aryl methyl sites for hydroxylation is 2. The average molecular weight is 313 g/mol. The average Bonchev–Trinajstić information content (AvgIpc) is 2.52. The number of amides is 1. The van der Waals surface area contributed by atoms with E-state index in [0.29, 0.717) is 16.8 Å². The van der Waals surface area contributed by atoms with Crippen LogP contribution in [0.4, 0.5) is 10.5 Å². The minimum Gasteiger partial charge on any atom is -0.478 e. The van der Waals surface area contributed by atoms with Crippen LogP contribution in [-0.2, 0) is 11.3 Å². The first kappa shape index (κ1) is 16.5. The Morgan fingerprint density at radius 3 is 2.17 bits per heavy atom. The van der Waals surface area contributed by atoms with Gasteiger partial charge in [-0.3, -0.25) is 4.90 Å². The van der Waals surface area contributed by atoms with E-state index in [0.717, 1.165) is 5.56 Å². The summed E-state index contributed by atoms with van der Waals surface area (Å²) in [6.07, 6.45) is -0.483. The van der Waals surface area contributed by atoms with Gasteiger partial charge in [0.05, 0.1) is 11.3 Å². The number of anilines is 1. The topological polar surface area (TPSA) is 66.8 Å². The highest BCUT2D eigenvalue weighted by Crippen LogP contribution is 2.26. The maximum atomic E-state index is 12.2. The molecule has 0 spiro atoms. The summed E-state index contributed by atoms with van der Waals surface area (Å²) in [6, 6.07) is 12.5. The second kappa shape index (κ2) is 6.96. The molecule has 0 radical (unpaired) electrons. The monoisotopic (exact) mass is 313 g/mol. The number of rotatable bonds is 4. The summed E-state index contributed by atoms with van der Waals surface area (Å²) in [5, 5.41) is 9.08. The maximum absolute atomic E-state index is 12.2. The molecule has 23 heavy (non-hydrogen) atoms. The molecule has 0 fully saturated rings. The highest BCUT2D eigenvalue weighted by Gasteiger charge is 2.18. The molecule has 0 bridgehead atoms. The Bertz CT molecular complexity index is 702. The fraction of sp³-hybridized carbons (Fsp3) is 0.222. The lowest BCUT2D eigenvalue weighted by molar-refractivity contribution is 0.0696. The van der Waals surface area contributed by atoms with Crippen molar-refractivity contribution < 1.29 is 19.4 Å². The van der Waals surface area contributed by atoms with Crippen molar-refractivity contribution in [3.8, 4) is 0 Å². The summed E-state index contributed by atoms with van der Waals surface area (Å²) in [4.78, 5) is 24.7. The highest BCUT2D eigenvalue weighted by molar-refractivity contribution is 5.93. The second-order valence-corrected chi connectivity index (χ2v) is 5.36. The molecule has 5 nitrogen and oxygen atoms in total. The van der Waals surface area contributed by atoms with E-state index in [2.05, 4.69) is 0 Å². The van der Waals surface area contributed by atoms with Crippen molar-refractivity contribution in [3.63, 3.8) is 0 Å². The number of nitrogens with zero attached hydrogens (tertiary/aromatic N) is 1. The van der Waals surface area contributed by atoms with Crippen molar-refractivity contribution in [2.45, 2.75) is 20.5 Å². The van der Waals surface area contributed by atoms with E-state index < -0.39 is 12.1 Å². The van der Waals surface area contributed by atoms with E-state index in [1.807, 2.05) is 30.3 Å². The minimum atomic E-state index is -0.989. The molecule has 5 heteroatoms. The Morgan fingerprint density at radius 1 is 1.09 bits per heavy atom. The number of carbonyl (C=O) groups is 2. The lowest BCUT2D eigenvalue weighted by atomic mass is 10.0. The van der Waals surface area contributed by atoms with E-state index in [1.54, 1.807) is 33.0 Å². The third kappa shape index (κ3) is 3.88. The lowest BCUT2D eigenvalue weighted by Crippen LogP contribution is -2.28. The molecular weight excluding hydrogens is 294 g/mol. The number of ether oxygens (including phenoxy) is 1. The van der Waals surface area contributed by atoms with E-state index in [1.165, 1.54) is 4.90 Å². The Hall–Kier alpha value is -2.82. The molecule has 0 unspecified atom stereocenters. The van der Waals surface area contributed by atoms with Crippen molar-refractivity contribution in [1.82, 2.24) is 0 Å². The normalized spacial score (nSPS) is 10.2. The van der Waals surface area contributed by atoms with Crippen LogP contribution in [0.5, 0.6) is 0 Å². The number of carboxylic acid groups (broad SMARTS) is 1. The van der Waals surface area contributed by atoms with Gasteiger partial charge in [0.15, 0.2) is 0 Å². The number of hydrogen-bond acceptors (Lipinski definition) is 3. The molecule has 0 saturated heterocycles. The van der Waals surface area contributed by atoms with Gasteiger partial charge in [-0.1, -0.05) is 30.3 Å². The van der Waals surface area contributed by atoms with E-state index in [-0.39, 0.29) is 12.2 Å². The molecule has 0 aromatic heterocycles.